The number of nitro groups is 1. The number of fused-ring (bicyclic) bond motifs is 8. The van der Waals surface area contributed by atoms with Crippen molar-refractivity contribution in [3.63, 3.8) is 0 Å². The molecule has 8 bridgehead atoms. The number of nitrogens with zero attached hydrogens (tertiary/aromatic N) is 3. The molecule has 9 rings (SSSR count). The van der Waals surface area contributed by atoms with Gasteiger partial charge in [-0.2, -0.15) is 39.5 Å². The van der Waals surface area contributed by atoms with Crippen LogP contribution >= 0.6 is 0 Å². The van der Waals surface area contributed by atoms with Crippen LogP contribution in [0, 0.1) is 10.1 Å². The van der Waals surface area contributed by atoms with Gasteiger partial charge in [0.1, 0.15) is 0 Å². The summed E-state index contributed by atoms with van der Waals surface area (Å²) in [6, 6.07) is 25.7. The molecule has 3 aromatic heterocycles. The predicted molar refractivity (Wildman–Crippen MR) is 222 cm³/mol. The minimum absolute atomic E-state index is 0.181. The summed E-state index contributed by atoms with van der Waals surface area (Å²) >= 11 is 0. The molecule has 0 saturated carbocycles. The Labute approximate surface area is 349 Å². The highest BCUT2D eigenvalue weighted by Gasteiger charge is 2.32. The van der Waals surface area contributed by atoms with Gasteiger partial charge in [0.15, 0.2) is 0 Å². The molecule has 0 aliphatic carbocycles. The molecular formula is C47H26F9N5O2. The van der Waals surface area contributed by atoms with Gasteiger partial charge in [0.05, 0.1) is 44.4 Å². The molecule has 7 aromatic rings. The third kappa shape index (κ3) is 7.75. The summed E-state index contributed by atoms with van der Waals surface area (Å²) in [5, 5.41) is 11.6. The molecule has 7 nitrogen and oxygen atoms in total. The molecule has 4 aromatic carbocycles. The Bertz CT molecular complexity index is 3120. The average Bonchev–Trinajstić information content (AvgIpc) is 4.09. The van der Waals surface area contributed by atoms with Gasteiger partial charge in [0, 0.05) is 56.5 Å². The molecule has 0 saturated heterocycles. The summed E-state index contributed by atoms with van der Waals surface area (Å²) in [6.45, 7) is 0. The minimum atomic E-state index is -4.64. The maximum Gasteiger partial charge on any atom is 0.416 e. The van der Waals surface area contributed by atoms with E-state index in [1.54, 1.807) is 48.6 Å². The number of benzene rings is 4. The molecule has 0 radical (unpaired) electrons. The number of halogens is 9. The Kier molecular flexibility index (Phi) is 9.68. The second-order valence-electron chi connectivity index (χ2n) is 14.5. The van der Waals surface area contributed by atoms with E-state index in [-0.39, 0.29) is 17.1 Å². The van der Waals surface area contributed by atoms with Crippen molar-refractivity contribution in [3.8, 4) is 44.5 Å². The standard InChI is InChI=1S/C47H26F9N5O2/c48-45(49,50)29-9-1-25(2-10-29)41-33-17-19-35(57-33)42(26-3-11-30(12-4-26)46(51,52)53)37-21-23-39(59-37)44(28-7-15-32(16-8-28)61(62)63)40-24-22-38(60-40)43(36-20-18-34(41)58-36)27-5-13-31(14-6-27)47(54,55)56/h1-24,57,60H. The predicted octanol–water partition coefficient (Wildman–Crippen LogP) is 14.3. The third-order valence-corrected chi connectivity index (χ3v) is 10.6. The largest absolute Gasteiger partial charge is 0.416 e. The number of H-pyrrole nitrogens is 2. The lowest BCUT2D eigenvalue weighted by atomic mass is 10.0. The minimum Gasteiger partial charge on any atom is -0.354 e. The van der Waals surface area contributed by atoms with Crippen molar-refractivity contribution >= 4 is 52.1 Å². The first-order valence-electron chi connectivity index (χ1n) is 18.9. The van der Waals surface area contributed by atoms with E-state index in [1.807, 2.05) is 0 Å². The zero-order chi connectivity index (χ0) is 44.4. The molecule has 0 atom stereocenters. The number of nitro benzene ring substituents is 1. The van der Waals surface area contributed by atoms with Gasteiger partial charge >= 0.3 is 18.5 Å². The van der Waals surface area contributed by atoms with Crippen molar-refractivity contribution in [1.29, 1.82) is 0 Å². The summed E-state index contributed by atoms with van der Waals surface area (Å²) in [6.07, 6.45) is -7.32. The number of rotatable bonds is 5. The van der Waals surface area contributed by atoms with Gasteiger partial charge in [-0.05, 0) is 119 Å². The quantitative estimate of drug-likeness (QED) is 0.102. The molecule has 0 amide bonds. The zero-order valence-electron chi connectivity index (χ0n) is 31.9. The Morgan fingerprint density at radius 2 is 0.619 bits per heavy atom. The number of alkyl halides is 9. The highest BCUT2D eigenvalue weighted by molar-refractivity contribution is 5.99. The fourth-order valence-corrected chi connectivity index (χ4v) is 7.65. The lowest BCUT2D eigenvalue weighted by Gasteiger charge is -2.10. The first-order chi connectivity index (χ1) is 29.9. The van der Waals surface area contributed by atoms with Crippen LogP contribution in [0.15, 0.2) is 121 Å². The van der Waals surface area contributed by atoms with E-state index in [9.17, 15) is 49.6 Å². The number of aromatic amines is 2. The fraction of sp³-hybridized carbons (Fsp3) is 0.0638. The van der Waals surface area contributed by atoms with Crippen LogP contribution in [0.5, 0.6) is 0 Å². The SMILES string of the molecule is O=[N+]([O-])c1ccc(-c2c3nc(c(-c4ccc(C(F)(F)F)cc4)c4ccc([nH]4)c(-c4ccc(C(F)(F)F)cc4)c4nc(c(-c5ccc(C(F)(F)F)cc5)c5ccc2[nH]5)C=C4)C=C3)cc1. The fourth-order valence-electron chi connectivity index (χ4n) is 7.65. The van der Waals surface area contributed by atoms with Crippen LogP contribution in [0.25, 0.3) is 90.9 Å². The van der Waals surface area contributed by atoms with Crippen molar-refractivity contribution in [2.24, 2.45) is 0 Å². The lowest BCUT2D eigenvalue weighted by Crippen LogP contribution is -2.04. The molecule has 5 heterocycles. The second-order valence-corrected chi connectivity index (χ2v) is 14.5. The monoisotopic (exact) mass is 863 g/mol. The van der Waals surface area contributed by atoms with Crippen LogP contribution in [0.3, 0.4) is 0 Å². The first-order valence-corrected chi connectivity index (χ1v) is 18.9. The molecule has 314 valence electrons. The van der Waals surface area contributed by atoms with Crippen LogP contribution in [0.1, 0.15) is 39.5 Å². The number of nitrogens with one attached hydrogen (secondary N) is 2. The summed E-state index contributed by atoms with van der Waals surface area (Å²) < 4.78 is 124. The number of hydrogen-bond acceptors (Lipinski definition) is 4. The maximum absolute atomic E-state index is 13.7. The van der Waals surface area contributed by atoms with Crippen LogP contribution in [-0.4, -0.2) is 24.9 Å². The van der Waals surface area contributed by atoms with Crippen molar-refractivity contribution in [2.45, 2.75) is 18.5 Å². The van der Waals surface area contributed by atoms with Crippen LogP contribution in [0.2, 0.25) is 0 Å². The van der Waals surface area contributed by atoms with Gasteiger partial charge in [0.2, 0.25) is 0 Å². The van der Waals surface area contributed by atoms with Gasteiger partial charge in [-0.3, -0.25) is 10.1 Å². The van der Waals surface area contributed by atoms with Gasteiger partial charge in [-0.1, -0.05) is 36.4 Å². The van der Waals surface area contributed by atoms with Gasteiger partial charge < -0.3 is 9.97 Å². The van der Waals surface area contributed by atoms with E-state index in [0.29, 0.717) is 78.0 Å². The third-order valence-electron chi connectivity index (χ3n) is 10.6. The molecule has 16 heteroatoms. The van der Waals surface area contributed by atoms with Crippen molar-refractivity contribution in [1.82, 2.24) is 19.9 Å². The summed E-state index contributed by atoms with van der Waals surface area (Å²) in [7, 11) is 0. The molecule has 0 unspecified atom stereocenters. The highest BCUT2D eigenvalue weighted by Crippen LogP contribution is 2.41. The van der Waals surface area contributed by atoms with Gasteiger partial charge in [-0.25, -0.2) is 9.97 Å². The smallest absolute Gasteiger partial charge is 0.354 e. The van der Waals surface area contributed by atoms with Crippen molar-refractivity contribution in [2.75, 3.05) is 0 Å². The van der Waals surface area contributed by atoms with E-state index >= 15 is 0 Å². The van der Waals surface area contributed by atoms with E-state index < -0.39 is 40.1 Å². The van der Waals surface area contributed by atoms with Crippen LogP contribution in [0.4, 0.5) is 45.2 Å². The van der Waals surface area contributed by atoms with Crippen LogP contribution < -0.4 is 0 Å². The van der Waals surface area contributed by atoms with E-state index in [0.717, 1.165) is 36.4 Å². The van der Waals surface area contributed by atoms with E-state index in [4.69, 9.17) is 9.97 Å². The molecule has 2 N–H and O–H groups in total. The van der Waals surface area contributed by atoms with E-state index in [1.165, 1.54) is 60.7 Å². The molecule has 63 heavy (non-hydrogen) atoms. The summed E-state index contributed by atoms with van der Waals surface area (Å²) in [4.78, 5) is 27.6. The Hall–Kier alpha value is -7.75. The van der Waals surface area contributed by atoms with E-state index in [2.05, 4.69) is 9.97 Å². The normalized spacial score (nSPS) is 12.8. The summed E-state index contributed by atoms with van der Waals surface area (Å²) in [5.41, 5.74) is 2.88. The Balaban J connectivity index is 1.42. The Morgan fingerprint density at radius 1 is 0.381 bits per heavy atom. The average molecular weight is 864 g/mol. The number of hydrogen-bond donors (Lipinski definition) is 2. The van der Waals surface area contributed by atoms with Gasteiger partial charge in [-0.15, -0.1) is 0 Å². The molecule has 2 aliphatic heterocycles. The number of non-ortho nitro benzene ring substituents is 1. The highest BCUT2D eigenvalue weighted by atomic mass is 19.4. The first kappa shape index (κ1) is 40.6. The second kappa shape index (κ2) is 15.0. The summed E-state index contributed by atoms with van der Waals surface area (Å²) in [5.74, 6) is 0. The molecular weight excluding hydrogens is 838 g/mol. The molecule has 2 aliphatic rings. The topological polar surface area (TPSA) is 100 Å². The van der Waals surface area contributed by atoms with Crippen molar-refractivity contribution < 1.29 is 44.4 Å². The van der Waals surface area contributed by atoms with Crippen LogP contribution in [-0.2, 0) is 18.5 Å². The Morgan fingerprint density at radius 3 is 0.841 bits per heavy atom. The van der Waals surface area contributed by atoms with Gasteiger partial charge in [0.25, 0.3) is 5.69 Å². The lowest BCUT2D eigenvalue weighted by molar-refractivity contribution is -0.384. The molecule has 0 spiro atoms. The van der Waals surface area contributed by atoms with Crippen molar-refractivity contribution in [3.05, 3.63) is 171 Å². The maximum atomic E-state index is 13.7. The zero-order valence-corrected chi connectivity index (χ0v) is 31.9. The number of aromatic nitrogens is 4. The molecule has 0 fully saturated rings.